The Bertz CT molecular complexity index is 520. The van der Waals surface area contributed by atoms with Crippen LogP contribution in [0.5, 0.6) is 0 Å². The number of hydrogen-bond acceptors (Lipinski definition) is 2. The molecule has 0 fully saturated rings. The van der Waals surface area contributed by atoms with E-state index in [0.717, 1.165) is 28.0 Å². The average molecular weight is 295 g/mol. The maximum absolute atomic E-state index is 9.53. The van der Waals surface area contributed by atoms with Crippen LogP contribution in [0.2, 0.25) is 0 Å². The predicted octanol–water partition coefficient (Wildman–Crippen LogP) is 3.25. The van der Waals surface area contributed by atoms with Gasteiger partial charge in [-0.3, -0.25) is 0 Å². The van der Waals surface area contributed by atoms with Gasteiger partial charge in [-0.2, -0.15) is 0 Å². The van der Waals surface area contributed by atoms with Gasteiger partial charge in [0.05, 0.1) is 11.8 Å². The number of nitrogens with zero attached hydrogens (tertiary/aromatic N) is 2. The number of halogens is 1. The van der Waals surface area contributed by atoms with E-state index in [9.17, 15) is 5.11 Å². The normalized spacial score (nSPS) is 12.7. The van der Waals surface area contributed by atoms with Crippen molar-refractivity contribution in [3.05, 3.63) is 46.5 Å². The Labute approximate surface area is 109 Å². The molecule has 90 valence electrons. The van der Waals surface area contributed by atoms with E-state index in [2.05, 4.69) is 32.4 Å². The first-order chi connectivity index (χ1) is 8.13. The monoisotopic (exact) mass is 294 g/mol. The van der Waals surface area contributed by atoms with E-state index in [1.807, 2.05) is 24.4 Å². The van der Waals surface area contributed by atoms with Crippen molar-refractivity contribution in [2.24, 2.45) is 0 Å². The lowest BCUT2D eigenvalue weighted by Crippen LogP contribution is -2.01. The number of rotatable bonds is 3. The summed E-state index contributed by atoms with van der Waals surface area (Å²) in [4.78, 5) is 4.30. The molecule has 17 heavy (non-hydrogen) atoms. The van der Waals surface area contributed by atoms with Gasteiger partial charge in [-0.1, -0.05) is 13.0 Å². The van der Waals surface area contributed by atoms with Gasteiger partial charge in [0.25, 0.3) is 0 Å². The second-order valence-electron chi connectivity index (χ2n) is 3.95. The highest BCUT2D eigenvalue weighted by Crippen LogP contribution is 2.26. The smallest absolute Gasteiger partial charge is 0.112 e. The molecule has 1 aromatic heterocycles. The molecule has 0 radical (unpaired) electrons. The third-order valence-corrected chi connectivity index (χ3v) is 3.38. The van der Waals surface area contributed by atoms with Crippen molar-refractivity contribution in [3.8, 4) is 5.69 Å². The zero-order valence-corrected chi connectivity index (χ0v) is 11.5. The molecule has 0 aliphatic carbocycles. The third-order valence-electron chi connectivity index (χ3n) is 2.75. The van der Waals surface area contributed by atoms with Crippen molar-refractivity contribution >= 4 is 15.9 Å². The Hall–Kier alpha value is -1.13. The second kappa shape index (κ2) is 5.02. The lowest BCUT2D eigenvalue weighted by Gasteiger charge is -2.11. The van der Waals surface area contributed by atoms with Gasteiger partial charge < -0.3 is 9.67 Å². The van der Waals surface area contributed by atoms with E-state index in [0.29, 0.717) is 0 Å². The Morgan fingerprint density at radius 1 is 1.47 bits per heavy atom. The summed E-state index contributed by atoms with van der Waals surface area (Å²) in [6, 6.07) is 5.87. The summed E-state index contributed by atoms with van der Waals surface area (Å²) in [7, 11) is 0. The van der Waals surface area contributed by atoms with Crippen LogP contribution in [0.25, 0.3) is 5.69 Å². The second-order valence-corrected chi connectivity index (χ2v) is 4.81. The molecule has 0 bridgehead atoms. The fourth-order valence-corrected chi connectivity index (χ4v) is 2.38. The van der Waals surface area contributed by atoms with Crippen LogP contribution in [0.1, 0.15) is 31.3 Å². The molecule has 0 amide bonds. The minimum absolute atomic E-state index is 0.450. The largest absolute Gasteiger partial charge is 0.389 e. The molecule has 1 aromatic carbocycles. The summed E-state index contributed by atoms with van der Waals surface area (Å²) < 4.78 is 3.01. The van der Waals surface area contributed by atoms with E-state index in [1.54, 1.807) is 13.1 Å². The lowest BCUT2D eigenvalue weighted by atomic mass is 10.1. The van der Waals surface area contributed by atoms with Crippen LogP contribution in [0.3, 0.4) is 0 Å². The maximum atomic E-state index is 9.53. The highest BCUT2D eigenvalue weighted by molar-refractivity contribution is 9.10. The molecule has 1 unspecified atom stereocenters. The molecule has 1 atom stereocenters. The summed E-state index contributed by atoms with van der Waals surface area (Å²) in [5.74, 6) is 1.02. The number of benzene rings is 1. The number of aliphatic hydroxyl groups excluding tert-OH is 1. The van der Waals surface area contributed by atoms with Crippen molar-refractivity contribution in [1.29, 1.82) is 0 Å². The van der Waals surface area contributed by atoms with Crippen LogP contribution in [-0.4, -0.2) is 14.7 Å². The van der Waals surface area contributed by atoms with Crippen LogP contribution >= 0.6 is 15.9 Å². The fraction of sp³-hybridized carbons (Fsp3) is 0.308. The van der Waals surface area contributed by atoms with Crippen LogP contribution in [-0.2, 0) is 6.42 Å². The van der Waals surface area contributed by atoms with Crippen molar-refractivity contribution in [3.63, 3.8) is 0 Å². The Kier molecular flexibility index (Phi) is 3.64. The fourth-order valence-electron chi connectivity index (χ4n) is 1.79. The molecule has 0 spiro atoms. The molecule has 0 aliphatic rings. The van der Waals surface area contributed by atoms with Crippen molar-refractivity contribution in [2.75, 3.05) is 0 Å². The predicted molar refractivity (Wildman–Crippen MR) is 71.3 cm³/mol. The van der Waals surface area contributed by atoms with Crippen molar-refractivity contribution in [1.82, 2.24) is 9.55 Å². The Balaban J connectivity index is 2.47. The van der Waals surface area contributed by atoms with Gasteiger partial charge in [0, 0.05) is 23.3 Å². The van der Waals surface area contributed by atoms with E-state index in [-0.39, 0.29) is 0 Å². The van der Waals surface area contributed by atoms with Gasteiger partial charge in [-0.25, -0.2) is 4.98 Å². The summed E-state index contributed by atoms with van der Waals surface area (Å²) in [5, 5.41) is 9.53. The molecular formula is C13H15BrN2O. The number of aromatic nitrogens is 2. The zero-order chi connectivity index (χ0) is 12.4. The standard InChI is InChI=1S/C13H15BrN2O/c1-3-13-15-6-7-16(13)12-5-4-10(9(2)17)8-11(12)14/h4-9,17H,3H2,1-2H3. The maximum Gasteiger partial charge on any atom is 0.112 e. The van der Waals surface area contributed by atoms with Crippen molar-refractivity contribution in [2.45, 2.75) is 26.4 Å². The summed E-state index contributed by atoms with van der Waals surface area (Å²) in [6.07, 6.45) is 4.18. The zero-order valence-electron chi connectivity index (χ0n) is 9.89. The average Bonchev–Trinajstić information content (AvgIpc) is 2.76. The number of imidazole rings is 1. The van der Waals surface area contributed by atoms with E-state index < -0.39 is 6.10 Å². The molecule has 0 aliphatic heterocycles. The molecule has 2 aromatic rings. The minimum Gasteiger partial charge on any atom is -0.389 e. The molecular weight excluding hydrogens is 280 g/mol. The SMILES string of the molecule is CCc1nccn1-c1ccc(C(C)O)cc1Br. The topological polar surface area (TPSA) is 38.0 Å². The van der Waals surface area contributed by atoms with Gasteiger partial charge in [0.1, 0.15) is 5.82 Å². The first-order valence-electron chi connectivity index (χ1n) is 5.63. The van der Waals surface area contributed by atoms with E-state index in [1.165, 1.54) is 0 Å². The summed E-state index contributed by atoms with van der Waals surface area (Å²) in [5.41, 5.74) is 1.95. The molecule has 1 N–H and O–H groups in total. The highest BCUT2D eigenvalue weighted by atomic mass is 79.9. The number of aryl methyl sites for hydroxylation is 1. The Morgan fingerprint density at radius 2 is 2.24 bits per heavy atom. The highest BCUT2D eigenvalue weighted by Gasteiger charge is 2.09. The lowest BCUT2D eigenvalue weighted by molar-refractivity contribution is 0.199. The summed E-state index contributed by atoms with van der Waals surface area (Å²) in [6.45, 7) is 3.84. The Morgan fingerprint density at radius 3 is 2.82 bits per heavy atom. The first kappa shape index (κ1) is 12.3. The molecule has 2 rings (SSSR count). The number of hydrogen-bond donors (Lipinski definition) is 1. The van der Waals surface area contributed by atoms with Crippen molar-refractivity contribution < 1.29 is 5.11 Å². The van der Waals surface area contributed by atoms with Gasteiger partial charge in [-0.15, -0.1) is 0 Å². The van der Waals surface area contributed by atoms with E-state index in [4.69, 9.17) is 0 Å². The van der Waals surface area contributed by atoms with Crippen LogP contribution in [0.15, 0.2) is 35.1 Å². The van der Waals surface area contributed by atoms with Crippen LogP contribution in [0.4, 0.5) is 0 Å². The van der Waals surface area contributed by atoms with Gasteiger partial charge in [0.2, 0.25) is 0 Å². The molecule has 0 saturated carbocycles. The van der Waals surface area contributed by atoms with Crippen LogP contribution in [0, 0.1) is 0 Å². The molecule has 3 nitrogen and oxygen atoms in total. The van der Waals surface area contributed by atoms with Gasteiger partial charge in [0.15, 0.2) is 0 Å². The van der Waals surface area contributed by atoms with E-state index >= 15 is 0 Å². The molecule has 0 saturated heterocycles. The van der Waals surface area contributed by atoms with Gasteiger partial charge in [-0.05, 0) is 40.5 Å². The quantitative estimate of drug-likeness (QED) is 0.944. The number of aliphatic hydroxyl groups is 1. The molecule has 1 heterocycles. The third kappa shape index (κ3) is 2.42. The first-order valence-corrected chi connectivity index (χ1v) is 6.43. The molecule has 4 heteroatoms. The minimum atomic E-state index is -0.450. The summed E-state index contributed by atoms with van der Waals surface area (Å²) >= 11 is 3.54. The van der Waals surface area contributed by atoms with Gasteiger partial charge >= 0.3 is 0 Å². The van der Waals surface area contributed by atoms with Crippen LogP contribution < -0.4 is 0 Å².